The molecule has 0 fully saturated rings. The molecule has 6 nitrogen and oxygen atoms in total. The van der Waals surface area contributed by atoms with Gasteiger partial charge in [0.25, 0.3) is 0 Å². The molecule has 0 radical (unpaired) electrons. The van der Waals surface area contributed by atoms with Gasteiger partial charge >= 0.3 is 0 Å². The van der Waals surface area contributed by atoms with E-state index in [2.05, 4.69) is 10.4 Å². The lowest BCUT2D eigenvalue weighted by Gasteiger charge is -2.06. The first kappa shape index (κ1) is 21.8. The predicted octanol–water partition coefficient (Wildman–Crippen LogP) is 4.34. The number of aryl methyl sites for hydroxylation is 1. The van der Waals surface area contributed by atoms with E-state index in [4.69, 9.17) is 11.6 Å². The van der Waals surface area contributed by atoms with Crippen molar-refractivity contribution in [3.05, 3.63) is 82.6 Å². The van der Waals surface area contributed by atoms with Gasteiger partial charge in [0.1, 0.15) is 5.15 Å². The highest BCUT2D eigenvalue weighted by molar-refractivity contribution is 7.91. The molecule has 0 aliphatic rings. The molecule has 156 valence electrons. The van der Waals surface area contributed by atoms with Gasteiger partial charge in [0.2, 0.25) is 5.91 Å². The van der Waals surface area contributed by atoms with Crippen LogP contribution in [0.25, 0.3) is 6.08 Å². The van der Waals surface area contributed by atoms with Gasteiger partial charge in [-0.2, -0.15) is 5.10 Å². The van der Waals surface area contributed by atoms with Crippen LogP contribution in [0.5, 0.6) is 0 Å². The van der Waals surface area contributed by atoms with Gasteiger partial charge in [-0.3, -0.25) is 4.79 Å². The Morgan fingerprint density at radius 2 is 1.90 bits per heavy atom. The third-order valence-electron chi connectivity index (χ3n) is 4.53. The highest BCUT2D eigenvalue weighted by Gasteiger charge is 2.13. The summed E-state index contributed by atoms with van der Waals surface area (Å²) in [6.07, 6.45) is 2.96. The number of aromatic nitrogens is 2. The van der Waals surface area contributed by atoms with Crippen molar-refractivity contribution in [3.8, 4) is 0 Å². The molecule has 1 N–H and O–H groups in total. The molecule has 1 amide bonds. The molecular weight excluding hydrogens is 422 g/mol. The van der Waals surface area contributed by atoms with Gasteiger partial charge in [-0.15, -0.1) is 0 Å². The summed E-state index contributed by atoms with van der Waals surface area (Å²) < 4.78 is 25.7. The number of hydrogen-bond donors (Lipinski definition) is 1. The van der Waals surface area contributed by atoms with E-state index in [9.17, 15) is 13.2 Å². The molecule has 2 aromatic carbocycles. The Hall–Kier alpha value is -2.90. The molecule has 8 heteroatoms. The second-order valence-corrected chi connectivity index (χ2v) is 9.32. The van der Waals surface area contributed by atoms with E-state index in [1.165, 1.54) is 18.2 Å². The first-order valence-corrected chi connectivity index (χ1v) is 11.4. The van der Waals surface area contributed by atoms with Crippen molar-refractivity contribution in [2.75, 3.05) is 11.1 Å². The second kappa shape index (κ2) is 9.28. The Morgan fingerprint density at radius 1 is 1.17 bits per heavy atom. The standard InChI is InChI=1S/C22H22ClN3O3S/c1-3-30(28,29)19-11-7-10-18(14-19)24-21(27)13-12-20-16(2)25-26(22(20)23)15-17-8-5-4-6-9-17/h4-14H,3,15H2,1-2H3,(H,24,27)/b13-12+. The maximum Gasteiger partial charge on any atom is 0.248 e. The highest BCUT2D eigenvalue weighted by atomic mass is 35.5. The summed E-state index contributed by atoms with van der Waals surface area (Å²) in [6.45, 7) is 3.93. The lowest BCUT2D eigenvalue weighted by atomic mass is 10.2. The molecule has 0 aliphatic carbocycles. The molecule has 1 aromatic heterocycles. The van der Waals surface area contributed by atoms with Crippen molar-refractivity contribution in [2.45, 2.75) is 25.3 Å². The lowest BCUT2D eigenvalue weighted by molar-refractivity contribution is -0.111. The molecule has 30 heavy (non-hydrogen) atoms. The van der Waals surface area contributed by atoms with Crippen LogP contribution in [0.4, 0.5) is 5.69 Å². The quantitative estimate of drug-likeness (QED) is 0.551. The van der Waals surface area contributed by atoms with Crippen LogP contribution >= 0.6 is 11.6 Å². The number of nitrogens with zero attached hydrogens (tertiary/aromatic N) is 2. The summed E-state index contributed by atoms with van der Waals surface area (Å²) in [6, 6.07) is 16.0. The number of nitrogens with one attached hydrogen (secondary N) is 1. The normalized spacial score (nSPS) is 11.7. The molecule has 0 saturated carbocycles. The summed E-state index contributed by atoms with van der Waals surface area (Å²) in [7, 11) is -3.34. The zero-order valence-electron chi connectivity index (χ0n) is 16.7. The van der Waals surface area contributed by atoms with Gasteiger partial charge < -0.3 is 5.32 Å². The van der Waals surface area contributed by atoms with Gasteiger partial charge in [-0.1, -0.05) is 54.9 Å². The molecular formula is C22H22ClN3O3S. The predicted molar refractivity (Wildman–Crippen MR) is 119 cm³/mol. The Morgan fingerprint density at radius 3 is 2.60 bits per heavy atom. The van der Waals surface area contributed by atoms with Crippen molar-refractivity contribution in [1.82, 2.24) is 9.78 Å². The number of anilines is 1. The van der Waals surface area contributed by atoms with E-state index in [0.717, 1.165) is 5.56 Å². The van der Waals surface area contributed by atoms with E-state index in [-0.39, 0.29) is 10.6 Å². The summed E-state index contributed by atoms with van der Waals surface area (Å²) >= 11 is 6.46. The molecule has 3 aromatic rings. The van der Waals surface area contributed by atoms with Gasteiger partial charge in [0.15, 0.2) is 9.84 Å². The minimum absolute atomic E-state index is 0.00491. The maximum absolute atomic E-state index is 12.3. The van der Waals surface area contributed by atoms with Crippen molar-refractivity contribution < 1.29 is 13.2 Å². The maximum atomic E-state index is 12.3. The third kappa shape index (κ3) is 5.17. The monoisotopic (exact) mass is 443 g/mol. The molecule has 0 atom stereocenters. The number of carbonyl (C=O) groups is 1. The van der Waals surface area contributed by atoms with Crippen molar-refractivity contribution in [1.29, 1.82) is 0 Å². The van der Waals surface area contributed by atoms with Crippen molar-refractivity contribution in [2.24, 2.45) is 0 Å². The fourth-order valence-electron chi connectivity index (χ4n) is 2.89. The number of sulfone groups is 1. The molecule has 0 unspecified atom stereocenters. The van der Waals surface area contributed by atoms with Crippen LogP contribution in [-0.2, 0) is 21.2 Å². The first-order valence-electron chi connectivity index (χ1n) is 9.39. The van der Waals surface area contributed by atoms with Crippen LogP contribution in [0.3, 0.4) is 0 Å². The number of rotatable bonds is 7. The van der Waals surface area contributed by atoms with Gasteiger partial charge in [0.05, 0.1) is 22.9 Å². The molecule has 3 rings (SSSR count). The average Bonchev–Trinajstić information content (AvgIpc) is 3.00. The van der Waals surface area contributed by atoms with Crippen LogP contribution < -0.4 is 5.32 Å². The van der Waals surface area contributed by atoms with Gasteiger partial charge in [0, 0.05) is 17.3 Å². The fraction of sp³-hybridized carbons (Fsp3) is 0.182. The lowest BCUT2D eigenvalue weighted by Crippen LogP contribution is -2.09. The average molecular weight is 444 g/mol. The molecule has 0 spiro atoms. The molecule has 0 saturated heterocycles. The van der Waals surface area contributed by atoms with Crippen molar-refractivity contribution >= 4 is 39.1 Å². The number of carbonyl (C=O) groups excluding carboxylic acids is 1. The topological polar surface area (TPSA) is 81.1 Å². The van der Waals surface area contributed by atoms with E-state index >= 15 is 0 Å². The summed E-state index contributed by atoms with van der Waals surface area (Å²) in [4.78, 5) is 12.5. The van der Waals surface area contributed by atoms with Gasteiger partial charge in [-0.25, -0.2) is 13.1 Å². The molecule has 1 heterocycles. The van der Waals surface area contributed by atoms with E-state index in [1.54, 1.807) is 29.8 Å². The third-order valence-corrected chi connectivity index (χ3v) is 6.66. The Kier molecular flexibility index (Phi) is 6.74. The van der Waals surface area contributed by atoms with Crippen molar-refractivity contribution in [3.63, 3.8) is 0 Å². The fourth-order valence-corrected chi connectivity index (χ4v) is 4.12. The smallest absolute Gasteiger partial charge is 0.248 e. The van der Waals surface area contributed by atoms with E-state index in [1.807, 2.05) is 37.3 Å². The zero-order chi connectivity index (χ0) is 21.7. The number of hydrogen-bond acceptors (Lipinski definition) is 4. The Labute approximate surface area is 181 Å². The summed E-state index contributed by atoms with van der Waals surface area (Å²) in [5.41, 5.74) is 2.83. The SMILES string of the molecule is CCS(=O)(=O)c1cccc(NC(=O)/C=C/c2c(C)nn(Cc3ccccc3)c2Cl)c1. The zero-order valence-corrected chi connectivity index (χ0v) is 18.2. The Bertz CT molecular complexity index is 1190. The van der Waals surface area contributed by atoms with E-state index < -0.39 is 15.7 Å². The van der Waals surface area contributed by atoms with Crippen LogP contribution in [0, 0.1) is 6.92 Å². The largest absolute Gasteiger partial charge is 0.322 e. The Balaban J connectivity index is 1.73. The first-order chi connectivity index (χ1) is 14.3. The van der Waals surface area contributed by atoms with Crippen LogP contribution in [0.15, 0.2) is 65.6 Å². The molecule has 0 bridgehead atoms. The highest BCUT2D eigenvalue weighted by Crippen LogP contribution is 2.22. The number of halogens is 1. The van der Waals surface area contributed by atoms with Crippen LogP contribution in [0.2, 0.25) is 5.15 Å². The minimum Gasteiger partial charge on any atom is -0.322 e. The van der Waals surface area contributed by atoms with E-state index in [0.29, 0.717) is 28.6 Å². The molecule has 0 aliphatic heterocycles. The summed E-state index contributed by atoms with van der Waals surface area (Å²) in [5, 5.41) is 7.57. The number of amides is 1. The minimum atomic E-state index is -3.34. The number of benzene rings is 2. The van der Waals surface area contributed by atoms with Gasteiger partial charge in [-0.05, 0) is 36.8 Å². The summed E-state index contributed by atoms with van der Waals surface area (Å²) in [5.74, 6) is -0.401. The van der Waals surface area contributed by atoms with Crippen LogP contribution in [-0.4, -0.2) is 29.9 Å². The van der Waals surface area contributed by atoms with Crippen LogP contribution in [0.1, 0.15) is 23.7 Å². The second-order valence-electron chi connectivity index (χ2n) is 6.69.